The summed E-state index contributed by atoms with van der Waals surface area (Å²) in [5.74, 6) is -0.323. The molecule has 0 bridgehead atoms. The van der Waals surface area contributed by atoms with Crippen molar-refractivity contribution in [3.05, 3.63) is 76.5 Å². The van der Waals surface area contributed by atoms with Crippen molar-refractivity contribution in [3.63, 3.8) is 0 Å². The van der Waals surface area contributed by atoms with E-state index in [9.17, 15) is 18.0 Å². The normalized spacial score (nSPS) is 12.1. The third-order valence-corrected chi connectivity index (χ3v) is 3.29. The molecule has 2 nitrogen and oxygen atoms in total. The fraction of sp³-hybridized carbons (Fsp3) is 0.118. The van der Waals surface area contributed by atoms with Gasteiger partial charge in [0, 0.05) is 22.4 Å². The highest BCUT2D eigenvalue weighted by Gasteiger charge is 2.33. The quantitative estimate of drug-likeness (QED) is 0.584. The van der Waals surface area contributed by atoms with Gasteiger partial charge in [0.2, 0.25) is 0 Å². The highest BCUT2D eigenvalue weighted by atomic mass is 35.5. The fourth-order valence-electron chi connectivity index (χ4n) is 1.98. The predicted octanol–water partition coefficient (Wildman–Crippen LogP) is 5.56. The number of carbonyl (C=O) groups is 1. The molecule has 0 heterocycles. The highest BCUT2D eigenvalue weighted by molar-refractivity contribution is 6.30. The van der Waals surface area contributed by atoms with E-state index in [0.717, 1.165) is 6.07 Å². The largest absolute Gasteiger partial charge is 0.418 e. The monoisotopic (exact) mass is 339 g/mol. The summed E-state index contributed by atoms with van der Waals surface area (Å²) in [6.45, 7) is 1.53. The number of hydrogen-bond donors (Lipinski definition) is 1. The number of allylic oxidation sites excluding steroid dienone is 2. The van der Waals surface area contributed by atoms with Gasteiger partial charge in [-0.1, -0.05) is 23.7 Å². The average Bonchev–Trinajstić information content (AvgIpc) is 2.47. The van der Waals surface area contributed by atoms with Crippen LogP contribution in [0.2, 0.25) is 5.02 Å². The molecule has 23 heavy (non-hydrogen) atoms. The summed E-state index contributed by atoms with van der Waals surface area (Å²) in [7, 11) is 0. The van der Waals surface area contributed by atoms with Crippen LogP contribution in [-0.4, -0.2) is 5.78 Å². The maximum Gasteiger partial charge on any atom is 0.418 e. The first-order chi connectivity index (χ1) is 10.8. The van der Waals surface area contributed by atoms with Crippen LogP contribution < -0.4 is 5.32 Å². The van der Waals surface area contributed by atoms with Crippen LogP contribution in [-0.2, 0) is 6.18 Å². The molecule has 2 rings (SSSR count). The Morgan fingerprint density at radius 3 is 2.30 bits per heavy atom. The summed E-state index contributed by atoms with van der Waals surface area (Å²) in [6, 6.07) is 11.4. The number of ketones is 1. The molecule has 120 valence electrons. The molecule has 0 saturated heterocycles. The Morgan fingerprint density at radius 2 is 1.70 bits per heavy atom. The van der Waals surface area contributed by atoms with Gasteiger partial charge >= 0.3 is 6.18 Å². The molecular weight excluding hydrogens is 327 g/mol. The molecule has 0 saturated carbocycles. The Hall–Kier alpha value is -2.27. The minimum absolute atomic E-state index is 0.0994. The van der Waals surface area contributed by atoms with Gasteiger partial charge in [-0.05, 0) is 43.3 Å². The van der Waals surface area contributed by atoms with E-state index in [-0.39, 0.29) is 11.5 Å². The molecule has 6 heteroatoms. The number of hydrogen-bond acceptors (Lipinski definition) is 2. The molecule has 2 aromatic rings. The lowest BCUT2D eigenvalue weighted by Gasteiger charge is -2.14. The summed E-state index contributed by atoms with van der Waals surface area (Å²) in [6.07, 6.45) is -3.22. The van der Waals surface area contributed by atoms with Crippen LogP contribution >= 0.6 is 11.6 Å². The van der Waals surface area contributed by atoms with Crippen molar-refractivity contribution in [2.24, 2.45) is 0 Å². The van der Waals surface area contributed by atoms with Crippen LogP contribution in [0.3, 0.4) is 0 Å². The predicted molar refractivity (Wildman–Crippen MR) is 84.6 cm³/mol. The molecule has 2 aromatic carbocycles. The number of alkyl halides is 3. The van der Waals surface area contributed by atoms with Gasteiger partial charge < -0.3 is 5.32 Å². The van der Waals surface area contributed by atoms with Crippen LogP contribution in [0.15, 0.2) is 60.3 Å². The minimum atomic E-state index is -4.47. The van der Waals surface area contributed by atoms with E-state index in [0.29, 0.717) is 16.3 Å². The van der Waals surface area contributed by atoms with Gasteiger partial charge in [-0.3, -0.25) is 4.79 Å². The SMILES string of the molecule is C/C(=C\C(=O)c1ccc(Cl)cc1)Nc1ccccc1C(F)(F)F. The van der Waals surface area contributed by atoms with Gasteiger partial charge in [-0.15, -0.1) is 0 Å². The van der Waals surface area contributed by atoms with Gasteiger partial charge in [-0.2, -0.15) is 13.2 Å². The molecule has 0 radical (unpaired) electrons. The van der Waals surface area contributed by atoms with E-state index in [4.69, 9.17) is 11.6 Å². The second kappa shape index (κ2) is 6.87. The topological polar surface area (TPSA) is 29.1 Å². The molecular formula is C17H13ClF3NO. The summed E-state index contributed by atoms with van der Waals surface area (Å²) >= 11 is 5.74. The van der Waals surface area contributed by atoms with E-state index < -0.39 is 11.7 Å². The van der Waals surface area contributed by atoms with Crippen molar-refractivity contribution in [1.82, 2.24) is 0 Å². The van der Waals surface area contributed by atoms with E-state index in [2.05, 4.69) is 5.32 Å². The molecule has 1 N–H and O–H groups in total. The molecule has 0 unspecified atom stereocenters. The molecule has 0 amide bonds. The Labute approximate surface area is 136 Å². The van der Waals surface area contributed by atoms with E-state index in [1.807, 2.05) is 0 Å². The van der Waals surface area contributed by atoms with Crippen molar-refractivity contribution in [1.29, 1.82) is 0 Å². The van der Waals surface area contributed by atoms with Crippen LogP contribution in [0.25, 0.3) is 0 Å². The van der Waals surface area contributed by atoms with Crippen molar-refractivity contribution in [3.8, 4) is 0 Å². The third-order valence-electron chi connectivity index (χ3n) is 3.04. The number of carbonyl (C=O) groups excluding carboxylic acids is 1. The van der Waals surface area contributed by atoms with Gasteiger partial charge in [0.25, 0.3) is 0 Å². The third kappa shape index (κ3) is 4.60. The number of nitrogens with one attached hydrogen (secondary N) is 1. The van der Waals surface area contributed by atoms with Gasteiger partial charge in [0.15, 0.2) is 5.78 Å². The van der Waals surface area contributed by atoms with Crippen LogP contribution in [0.4, 0.5) is 18.9 Å². The van der Waals surface area contributed by atoms with Gasteiger partial charge in [0.05, 0.1) is 11.3 Å². The van der Waals surface area contributed by atoms with Crippen molar-refractivity contribution < 1.29 is 18.0 Å². The van der Waals surface area contributed by atoms with E-state index >= 15 is 0 Å². The van der Waals surface area contributed by atoms with E-state index in [1.165, 1.54) is 31.2 Å². The Morgan fingerprint density at radius 1 is 1.09 bits per heavy atom. The number of benzene rings is 2. The first-order valence-electron chi connectivity index (χ1n) is 6.69. The maximum atomic E-state index is 12.9. The number of rotatable bonds is 4. The van der Waals surface area contributed by atoms with Crippen LogP contribution in [0.1, 0.15) is 22.8 Å². The molecule has 0 aliphatic rings. The molecule has 0 fully saturated rings. The Balaban J connectivity index is 2.20. The van der Waals surface area contributed by atoms with Gasteiger partial charge in [0.1, 0.15) is 0 Å². The van der Waals surface area contributed by atoms with Crippen molar-refractivity contribution in [2.75, 3.05) is 5.32 Å². The number of anilines is 1. The highest BCUT2D eigenvalue weighted by Crippen LogP contribution is 2.35. The molecule has 0 aromatic heterocycles. The fourth-order valence-corrected chi connectivity index (χ4v) is 2.11. The maximum absolute atomic E-state index is 12.9. The standard InChI is InChI=1S/C17H13ClF3NO/c1-11(10-16(23)12-6-8-13(18)9-7-12)22-15-5-3-2-4-14(15)17(19,20)21/h2-10,22H,1H3/b11-10+. The second-order valence-electron chi connectivity index (χ2n) is 4.87. The molecule has 0 spiro atoms. The van der Waals surface area contributed by atoms with Crippen LogP contribution in [0, 0.1) is 0 Å². The molecule has 0 aliphatic carbocycles. The Bertz CT molecular complexity index is 736. The lowest BCUT2D eigenvalue weighted by Crippen LogP contribution is -2.10. The van der Waals surface area contributed by atoms with Crippen molar-refractivity contribution in [2.45, 2.75) is 13.1 Å². The summed E-state index contributed by atoms with van der Waals surface area (Å²) in [5, 5.41) is 3.12. The zero-order valence-corrected chi connectivity index (χ0v) is 12.9. The molecule has 0 atom stereocenters. The number of halogens is 4. The van der Waals surface area contributed by atoms with Crippen LogP contribution in [0.5, 0.6) is 0 Å². The average molecular weight is 340 g/mol. The Kier molecular flexibility index (Phi) is 5.11. The van der Waals surface area contributed by atoms with E-state index in [1.54, 1.807) is 24.3 Å². The smallest absolute Gasteiger partial charge is 0.359 e. The summed E-state index contributed by atoms with van der Waals surface area (Å²) < 4.78 is 38.8. The van der Waals surface area contributed by atoms with Crippen molar-refractivity contribution >= 4 is 23.1 Å². The number of para-hydroxylation sites is 1. The summed E-state index contributed by atoms with van der Waals surface area (Å²) in [5.41, 5.74) is -0.175. The summed E-state index contributed by atoms with van der Waals surface area (Å²) in [4.78, 5) is 12.1. The molecule has 0 aliphatic heterocycles. The lowest BCUT2D eigenvalue weighted by molar-refractivity contribution is -0.136. The zero-order valence-electron chi connectivity index (χ0n) is 12.1. The van der Waals surface area contributed by atoms with Gasteiger partial charge in [-0.25, -0.2) is 0 Å². The lowest BCUT2D eigenvalue weighted by atomic mass is 10.1. The minimum Gasteiger partial charge on any atom is -0.359 e. The second-order valence-corrected chi connectivity index (χ2v) is 5.30. The zero-order chi connectivity index (χ0) is 17.0. The first-order valence-corrected chi connectivity index (χ1v) is 7.06. The first kappa shape index (κ1) is 17.1.